The number of hydrogen-bond acceptors (Lipinski definition) is 3. The molecule has 0 spiro atoms. The highest BCUT2D eigenvalue weighted by Gasteiger charge is 2.19. The summed E-state index contributed by atoms with van der Waals surface area (Å²) in [4.78, 5) is 6.23. The van der Waals surface area contributed by atoms with Gasteiger partial charge in [-0.2, -0.15) is 0 Å². The van der Waals surface area contributed by atoms with Gasteiger partial charge in [0, 0.05) is 55.9 Å². The molecule has 0 aromatic heterocycles. The number of aliphatic imine (C=N–C) groups is 1. The second-order valence-corrected chi connectivity index (χ2v) is 4.13. The lowest BCUT2D eigenvalue weighted by atomic mass is 10.1. The lowest BCUT2D eigenvalue weighted by Gasteiger charge is -2.27. The number of nitrogens with two attached hydrogens (primary N) is 1. The highest BCUT2D eigenvalue weighted by molar-refractivity contribution is 15.0. The summed E-state index contributed by atoms with van der Waals surface area (Å²) >= 11 is 16.3. The van der Waals surface area contributed by atoms with Gasteiger partial charge in [0.1, 0.15) is 0 Å². The van der Waals surface area contributed by atoms with E-state index in [1.54, 1.807) is 6.07 Å². The quantitative estimate of drug-likeness (QED) is 0.579. The Hall–Kier alpha value is 0.530. The number of guanidine groups is 1. The van der Waals surface area contributed by atoms with Gasteiger partial charge in [-0.3, -0.25) is 0 Å². The molecule has 3 nitrogen and oxygen atoms in total. The van der Waals surface area contributed by atoms with Crippen LogP contribution in [0, 0.1) is 0 Å². The molecule has 0 radical (unpaired) electrons. The second-order valence-electron chi connectivity index (χ2n) is 3.34. The standard InChI is InChI=1S/C10H11Cl2N3.I2/c1-2-15-5-6-8(14-10(15)13)4-3-7(11)9(6)12;1-2/h3-4H,2,5H2,1H3,(H2,13,14);. The molecule has 1 aromatic rings. The third kappa shape index (κ3) is 3.51. The maximum absolute atomic E-state index is 6.11. The first-order valence-corrected chi connectivity index (χ1v) is 11.9. The van der Waals surface area contributed by atoms with Crippen LogP contribution in [0.1, 0.15) is 12.5 Å². The van der Waals surface area contributed by atoms with Crippen molar-refractivity contribution in [1.82, 2.24) is 4.90 Å². The summed E-state index contributed by atoms with van der Waals surface area (Å²) in [6.45, 7) is 3.49. The van der Waals surface area contributed by atoms with Crippen molar-refractivity contribution in [2.24, 2.45) is 10.7 Å². The fourth-order valence-electron chi connectivity index (χ4n) is 1.58. The van der Waals surface area contributed by atoms with Gasteiger partial charge >= 0.3 is 0 Å². The van der Waals surface area contributed by atoms with Gasteiger partial charge < -0.3 is 10.6 Å². The molecule has 0 atom stereocenters. The molecule has 0 unspecified atom stereocenters. The zero-order valence-corrected chi connectivity index (χ0v) is 14.9. The fraction of sp³-hybridized carbons (Fsp3) is 0.300. The van der Waals surface area contributed by atoms with Gasteiger partial charge in [0.25, 0.3) is 0 Å². The molecule has 0 saturated carbocycles. The number of hydrogen-bond donors (Lipinski definition) is 1. The average molecular weight is 498 g/mol. The van der Waals surface area contributed by atoms with Crippen molar-refractivity contribution in [3.63, 3.8) is 0 Å². The Kier molecular flexibility index (Phi) is 6.60. The van der Waals surface area contributed by atoms with E-state index in [-0.39, 0.29) is 0 Å². The van der Waals surface area contributed by atoms with Gasteiger partial charge in [-0.15, -0.1) is 0 Å². The minimum absolute atomic E-state index is 0.531. The summed E-state index contributed by atoms with van der Waals surface area (Å²) in [7, 11) is 0. The van der Waals surface area contributed by atoms with E-state index in [9.17, 15) is 0 Å². The summed E-state index contributed by atoms with van der Waals surface area (Å²) in [5, 5.41) is 1.13. The molecular weight excluding hydrogens is 487 g/mol. The lowest BCUT2D eigenvalue weighted by molar-refractivity contribution is 0.424. The smallest absolute Gasteiger partial charge is 0.196 e. The van der Waals surface area contributed by atoms with Crippen molar-refractivity contribution in [3.05, 3.63) is 27.7 Å². The molecule has 0 fully saturated rings. The predicted molar refractivity (Wildman–Crippen MR) is 91.9 cm³/mol. The average Bonchev–Trinajstić information content (AvgIpc) is 2.36. The van der Waals surface area contributed by atoms with Gasteiger partial charge in [-0.1, -0.05) is 23.2 Å². The topological polar surface area (TPSA) is 41.6 Å². The Balaban J connectivity index is 0.000000686. The van der Waals surface area contributed by atoms with Crippen LogP contribution in [-0.2, 0) is 6.54 Å². The molecule has 2 rings (SSSR count). The molecule has 94 valence electrons. The van der Waals surface area contributed by atoms with Crippen LogP contribution in [0.5, 0.6) is 0 Å². The number of rotatable bonds is 1. The summed E-state index contributed by atoms with van der Waals surface area (Å²) in [5.41, 5.74) is 7.55. The normalized spacial score (nSPS) is 13.5. The summed E-state index contributed by atoms with van der Waals surface area (Å²) in [5.74, 6) is 0.531. The van der Waals surface area contributed by atoms with Crippen molar-refractivity contribution in [2.45, 2.75) is 13.5 Å². The lowest BCUT2D eigenvalue weighted by Crippen LogP contribution is -2.38. The second kappa shape index (κ2) is 7.20. The van der Waals surface area contributed by atoms with Crippen molar-refractivity contribution in [1.29, 1.82) is 0 Å². The molecule has 7 heteroatoms. The Bertz CT molecular complexity index is 438. The maximum Gasteiger partial charge on any atom is 0.196 e. The highest BCUT2D eigenvalue weighted by Crippen LogP contribution is 2.35. The molecule has 1 aliphatic rings. The van der Waals surface area contributed by atoms with Gasteiger partial charge in [0.05, 0.1) is 15.7 Å². The molecular formula is C10H11Cl2I2N3. The largest absolute Gasteiger partial charge is 0.369 e. The van der Waals surface area contributed by atoms with Crippen molar-refractivity contribution < 1.29 is 0 Å². The van der Waals surface area contributed by atoms with Gasteiger partial charge in [0.2, 0.25) is 0 Å². The van der Waals surface area contributed by atoms with Gasteiger partial charge in [-0.05, 0) is 19.1 Å². The first kappa shape index (κ1) is 15.6. The fourth-order valence-corrected chi connectivity index (χ4v) is 1.97. The van der Waals surface area contributed by atoms with E-state index >= 15 is 0 Å². The minimum atomic E-state index is 0.531. The van der Waals surface area contributed by atoms with Gasteiger partial charge in [-0.25, -0.2) is 4.99 Å². The van der Waals surface area contributed by atoms with Gasteiger partial charge in [0.15, 0.2) is 5.96 Å². The molecule has 0 aliphatic carbocycles. The molecule has 1 heterocycles. The van der Waals surface area contributed by atoms with E-state index in [2.05, 4.69) is 42.2 Å². The van der Waals surface area contributed by atoms with Crippen molar-refractivity contribution in [2.75, 3.05) is 6.54 Å². The monoisotopic (exact) mass is 497 g/mol. The SMILES string of the molecule is CCN1Cc2c(ccc(Cl)c2Cl)N=C1N.II. The molecule has 0 saturated heterocycles. The maximum atomic E-state index is 6.11. The third-order valence-corrected chi connectivity index (χ3v) is 3.30. The zero-order valence-electron chi connectivity index (χ0n) is 9.05. The summed E-state index contributed by atoms with van der Waals surface area (Å²) in [6.07, 6.45) is 0. The molecule has 1 aliphatic heterocycles. The van der Waals surface area contributed by atoms with Crippen LogP contribution in [-0.4, -0.2) is 17.4 Å². The molecule has 2 N–H and O–H groups in total. The van der Waals surface area contributed by atoms with E-state index in [0.717, 1.165) is 17.8 Å². The molecule has 17 heavy (non-hydrogen) atoms. The third-order valence-electron chi connectivity index (χ3n) is 2.46. The van der Waals surface area contributed by atoms with Crippen LogP contribution < -0.4 is 5.73 Å². The van der Waals surface area contributed by atoms with Crippen LogP contribution in [0.25, 0.3) is 0 Å². The molecule has 0 bridgehead atoms. The van der Waals surface area contributed by atoms with Crippen LogP contribution in [0.4, 0.5) is 5.69 Å². The van der Waals surface area contributed by atoms with Crippen molar-refractivity contribution in [3.8, 4) is 0 Å². The van der Waals surface area contributed by atoms with E-state index in [0.29, 0.717) is 22.5 Å². The van der Waals surface area contributed by atoms with Crippen LogP contribution in [0.2, 0.25) is 10.0 Å². The first-order chi connectivity index (χ1) is 8.13. The molecule has 0 amide bonds. The van der Waals surface area contributed by atoms with E-state index in [1.165, 1.54) is 0 Å². The number of nitrogens with zero attached hydrogens (tertiary/aromatic N) is 2. The van der Waals surface area contributed by atoms with Crippen molar-refractivity contribution >= 4 is 72.1 Å². The highest BCUT2D eigenvalue weighted by atomic mass is 128. The number of halogens is 4. The summed E-state index contributed by atoms with van der Waals surface area (Å²) in [6, 6.07) is 3.57. The van der Waals surface area contributed by atoms with E-state index < -0.39 is 0 Å². The summed E-state index contributed by atoms with van der Waals surface area (Å²) < 4.78 is 0. The Morgan fingerprint density at radius 1 is 1.41 bits per heavy atom. The van der Waals surface area contributed by atoms with Crippen LogP contribution in [0.15, 0.2) is 17.1 Å². The Labute approximate surface area is 134 Å². The Morgan fingerprint density at radius 2 is 2.06 bits per heavy atom. The Morgan fingerprint density at radius 3 is 2.65 bits per heavy atom. The van der Waals surface area contributed by atoms with Crippen LogP contribution in [0.3, 0.4) is 0 Å². The zero-order chi connectivity index (χ0) is 13.0. The predicted octanol–water partition coefficient (Wildman–Crippen LogP) is 4.55. The first-order valence-electron chi connectivity index (χ1n) is 4.83. The number of fused-ring (bicyclic) bond motifs is 1. The minimum Gasteiger partial charge on any atom is -0.369 e. The number of benzene rings is 1. The molecule has 1 aromatic carbocycles. The van der Waals surface area contributed by atoms with E-state index in [1.807, 2.05) is 17.9 Å². The van der Waals surface area contributed by atoms with Crippen LogP contribution >= 0.6 is 60.4 Å². The van der Waals surface area contributed by atoms with E-state index in [4.69, 9.17) is 28.9 Å².